The van der Waals surface area contributed by atoms with Gasteiger partial charge < -0.3 is 9.64 Å². The molecule has 5 nitrogen and oxygen atoms in total. The number of rotatable bonds is 0. The van der Waals surface area contributed by atoms with Crippen LogP contribution in [0.3, 0.4) is 0 Å². The molecule has 1 atom stereocenters. The second-order valence-electron chi connectivity index (χ2n) is 6.36. The molecule has 1 saturated heterocycles. The molecule has 1 fully saturated rings. The number of hydrogen-bond acceptors (Lipinski definition) is 3. The molecule has 2 heterocycles. The van der Waals surface area contributed by atoms with Gasteiger partial charge in [0.05, 0.1) is 13.2 Å². The first-order valence-corrected chi connectivity index (χ1v) is 7.16. The molecule has 1 unspecified atom stereocenters. The summed E-state index contributed by atoms with van der Waals surface area (Å²) in [6.45, 7) is 5.58. The maximum atomic E-state index is 12.4. The van der Waals surface area contributed by atoms with Crippen LogP contribution in [0.25, 0.3) is 0 Å². The van der Waals surface area contributed by atoms with Crippen molar-refractivity contribution in [3.8, 4) is 0 Å². The summed E-state index contributed by atoms with van der Waals surface area (Å²) in [7, 11) is 1.34. The van der Waals surface area contributed by atoms with Crippen LogP contribution in [-0.4, -0.2) is 48.5 Å². The quantitative estimate of drug-likeness (QED) is 0.733. The van der Waals surface area contributed by atoms with E-state index in [1.165, 1.54) is 17.6 Å². The van der Waals surface area contributed by atoms with Crippen LogP contribution in [-0.2, 0) is 14.9 Å². The number of ether oxygens (including phenoxy) is 1. The van der Waals surface area contributed by atoms with Gasteiger partial charge in [0.25, 0.3) is 0 Å². The molecule has 2 amide bonds. The van der Waals surface area contributed by atoms with E-state index in [9.17, 15) is 9.59 Å². The van der Waals surface area contributed by atoms with Gasteiger partial charge in [-0.3, -0.25) is 9.69 Å². The minimum Gasteiger partial charge on any atom is -0.453 e. The van der Waals surface area contributed by atoms with Crippen LogP contribution in [0.5, 0.6) is 0 Å². The van der Waals surface area contributed by atoms with Crippen LogP contribution in [0.2, 0.25) is 0 Å². The molecule has 0 aromatic heterocycles. The van der Waals surface area contributed by atoms with Gasteiger partial charge in [0.2, 0.25) is 5.91 Å². The average molecular weight is 288 g/mol. The third-order valence-corrected chi connectivity index (χ3v) is 4.46. The Morgan fingerprint density at radius 1 is 1.33 bits per heavy atom. The normalized spacial score (nSPS) is 23.4. The number of amides is 2. The SMILES string of the molecule is COC(=O)N1CC(=O)N2CC(C)(C)c3ccccc3C2C1. The van der Waals surface area contributed by atoms with E-state index in [0.717, 1.165) is 5.56 Å². The number of carbonyl (C=O) groups is 2. The van der Waals surface area contributed by atoms with Crippen molar-refractivity contribution in [1.29, 1.82) is 0 Å². The number of hydrogen-bond donors (Lipinski definition) is 0. The number of benzene rings is 1. The minimum absolute atomic E-state index is 0.0146. The highest BCUT2D eigenvalue weighted by molar-refractivity contribution is 5.84. The summed E-state index contributed by atoms with van der Waals surface area (Å²) in [5.74, 6) is -0.0146. The Morgan fingerprint density at radius 2 is 2.05 bits per heavy atom. The first-order chi connectivity index (χ1) is 9.94. The zero-order valence-electron chi connectivity index (χ0n) is 12.6. The Bertz CT molecular complexity index is 597. The Morgan fingerprint density at radius 3 is 2.76 bits per heavy atom. The minimum atomic E-state index is -0.440. The summed E-state index contributed by atoms with van der Waals surface area (Å²) < 4.78 is 4.76. The number of methoxy groups -OCH3 is 1. The van der Waals surface area contributed by atoms with Crippen molar-refractivity contribution >= 4 is 12.0 Å². The fraction of sp³-hybridized carbons (Fsp3) is 0.500. The highest BCUT2D eigenvalue weighted by Crippen LogP contribution is 2.41. The summed E-state index contributed by atoms with van der Waals surface area (Å²) >= 11 is 0. The van der Waals surface area contributed by atoms with E-state index in [1.807, 2.05) is 17.0 Å². The van der Waals surface area contributed by atoms with Crippen molar-refractivity contribution in [3.63, 3.8) is 0 Å². The van der Waals surface area contributed by atoms with E-state index in [1.54, 1.807) is 0 Å². The van der Waals surface area contributed by atoms with E-state index in [-0.39, 0.29) is 23.9 Å². The smallest absolute Gasteiger partial charge is 0.410 e. The predicted octanol–water partition coefficient (Wildman–Crippen LogP) is 1.93. The second kappa shape index (κ2) is 4.76. The number of piperazine rings is 1. The molecule has 2 aliphatic rings. The Hall–Kier alpha value is -2.04. The number of carbonyl (C=O) groups excluding carboxylic acids is 2. The number of nitrogens with zero attached hydrogens (tertiary/aromatic N) is 2. The Labute approximate surface area is 124 Å². The molecular formula is C16H20N2O3. The van der Waals surface area contributed by atoms with Gasteiger partial charge in [0, 0.05) is 18.5 Å². The van der Waals surface area contributed by atoms with Crippen LogP contribution in [0.1, 0.15) is 31.0 Å². The third-order valence-electron chi connectivity index (χ3n) is 4.46. The van der Waals surface area contributed by atoms with Crippen LogP contribution >= 0.6 is 0 Å². The van der Waals surface area contributed by atoms with Crippen LogP contribution in [0.4, 0.5) is 4.79 Å². The van der Waals surface area contributed by atoms with E-state index < -0.39 is 6.09 Å². The molecule has 5 heteroatoms. The van der Waals surface area contributed by atoms with Crippen molar-refractivity contribution in [3.05, 3.63) is 35.4 Å². The zero-order valence-corrected chi connectivity index (χ0v) is 12.6. The average Bonchev–Trinajstić information content (AvgIpc) is 2.47. The van der Waals surface area contributed by atoms with Crippen molar-refractivity contribution in [1.82, 2.24) is 9.80 Å². The van der Waals surface area contributed by atoms with E-state index >= 15 is 0 Å². The third kappa shape index (κ3) is 2.17. The van der Waals surface area contributed by atoms with Gasteiger partial charge in [-0.1, -0.05) is 38.1 Å². The molecule has 0 saturated carbocycles. The first-order valence-electron chi connectivity index (χ1n) is 7.16. The van der Waals surface area contributed by atoms with E-state index in [0.29, 0.717) is 13.1 Å². The largest absolute Gasteiger partial charge is 0.453 e. The zero-order chi connectivity index (χ0) is 15.2. The molecule has 0 bridgehead atoms. The molecule has 0 spiro atoms. The second-order valence-corrected chi connectivity index (χ2v) is 6.36. The molecule has 0 radical (unpaired) electrons. The van der Waals surface area contributed by atoms with Gasteiger partial charge >= 0.3 is 6.09 Å². The number of fused-ring (bicyclic) bond motifs is 3. The molecule has 2 aliphatic heterocycles. The Balaban J connectivity index is 2.02. The predicted molar refractivity (Wildman–Crippen MR) is 77.9 cm³/mol. The van der Waals surface area contributed by atoms with Crippen molar-refractivity contribution < 1.29 is 14.3 Å². The summed E-state index contributed by atoms with van der Waals surface area (Å²) in [6, 6.07) is 8.12. The van der Waals surface area contributed by atoms with Gasteiger partial charge in [-0.15, -0.1) is 0 Å². The summed E-state index contributed by atoms with van der Waals surface area (Å²) in [5.41, 5.74) is 2.32. The lowest BCUT2D eigenvalue weighted by Crippen LogP contribution is -2.58. The molecule has 112 valence electrons. The van der Waals surface area contributed by atoms with E-state index in [4.69, 9.17) is 4.74 Å². The van der Waals surface area contributed by atoms with Crippen LogP contribution in [0.15, 0.2) is 24.3 Å². The fourth-order valence-corrected chi connectivity index (χ4v) is 3.45. The van der Waals surface area contributed by atoms with Crippen molar-refractivity contribution in [2.75, 3.05) is 26.7 Å². The standard InChI is InChI=1S/C16H20N2O3/c1-16(2)10-18-13(11-6-4-5-7-12(11)16)8-17(9-14(18)19)15(20)21-3/h4-7,13H,8-10H2,1-3H3. The van der Waals surface area contributed by atoms with Gasteiger partial charge in [-0.2, -0.15) is 0 Å². The maximum Gasteiger partial charge on any atom is 0.410 e. The molecule has 1 aromatic rings. The fourth-order valence-electron chi connectivity index (χ4n) is 3.45. The van der Waals surface area contributed by atoms with Crippen LogP contribution in [0, 0.1) is 0 Å². The molecule has 0 aliphatic carbocycles. The maximum absolute atomic E-state index is 12.4. The molecular weight excluding hydrogens is 268 g/mol. The van der Waals surface area contributed by atoms with Gasteiger partial charge in [0.1, 0.15) is 6.54 Å². The highest BCUT2D eigenvalue weighted by atomic mass is 16.5. The monoisotopic (exact) mass is 288 g/mol. The van der Waals surface area contributed by atoms with Gasteiger partial charge in [-0.05, 0) is 11.1 Å². The van der Waals surface area contributed by atoms with Crippen molar-refractivity contribution in [2.45, 2.75) is 25.3 Å². The molecule has 21 heavy (non-hydrogen) atoms. The molecule has 1 aromatic carbocycles. The lowest BCUT2D eigenvalue weighted by atomic mass is 9.75. The summed E-state index contributed by atoms with van der Waals surface area (Å²) in [6.07, 6.45) is -0.440. The first kappa shape index (κ1) is 13.9. The van der Waals surface area contributed by atoms with Crippen molar-refractivity contribution in [2.24, 2.45) is 0 Å². The Kier molecular flexibility index (Phi) is 3.15. The lowest BCUT2D eigenvalue weighted by molar-refractivity contribution is -0.141. The summed E-state index contributed by atoms with van der Waals surface area (Å²) in [4.78, 5) is 27.6. The van der Waals surface area contributed by atoms with Gasteiger partial charge in [0.15, 0.2) is 0 Å². The lowest BCUT2D eigenvalue weighted by Gasteiger charge is -2.49. The highest BCUT2D eigenvalue weighted by Gasteiger charge is 2.44. The molecule has 3 rings (SSSR count). The molecule has 0 N–H and O–H groups in total. The van der Waals surface area contributed by atoms with E-state index in [2.05, 4.69) is 26.0 Å². The topological polar surface area (TPSA) is 49.9 Å². The van der Waals surface area contributed by atoms with Crippen LogP contribution < -0.4 is 0 Å². The summed E-state index contributed by atoms with van der Waals surface area (Å²) in [5, 5.41) is 0. The van der Waals surface area contributed by atoms with Gasteiger partial charge in [-0.25, -0.2) is 4.79 Å².